The fourth-order valence-electron chi connectivity index (χ4n) is 2.20. The van der Waals surface area contributed by atoms with Gasteiger partial charge >= 0.3 is 0 Å². The van der Waals surface area contributed by atoms with E-state index in [4.69, 9.17) is 5.73 Å². The Morgan fingerprint density at radius 3 is 2.44 bits per heavy atom. The summed E-state index contributed by atoms with van der Waals surface area (Å²) in [5.41, 5.74) is 10.5. The highest BCUT2D eigenvalue weighted by Gasteiger charge is 2.38. The zero-order chi connectivity index (χ0) is 12.8. The van der Waals surface area contributed by atoms with E-state index in [9.17, 15) is 0 Å². The number of nitrogens with zero attached hydrogens (tertiary/aromatic N) is 1. The molecule has 18 heavy (non-hydrogen) atoms. The molecule has 1 aromatic heterocycles. The predicted octanol–water partition coefficient (Wildman–Crippen LogP) is 4.14. The second-order valence-corrected chi connectivity index (χ2v) is 6.15. The maximum atomic E-state index is 6.00. The average Bonchev–Trinajstić information content (AvgIpc) is 3.09. The largest absolute Gasteiger partial charge is 0.397 e. The Labute approximate surface area is 115 Å². The SMILES string of the molecule is CC1(c2ccc(-c3ncc(Br)cc3N)cc2)CC1. The van der Waals surface area contributed by atoms with Crippen molar-refractivity contribution in [2.24, 2.45) is 0 Å². The molecule has 2 nitrogen and oxygen atoms in total. The third-order valence-electron chi connectivity index (χ3n) is 3.74. The minimum absolute atomic E-state index is 0.414. The number of rotatable bonds is 2. The van der Waals surface area contributed by atoms with Gasteiger partial charge in [-0.2, -0.15) is 0 Å². The first kappa shape index (κ1) is 11.7. The summed E-state index contributed by atoms with van der Waals surface area (Å²) in [6, 6.07) is 10.5. The summed E-state index contributed by atoms with van der Waals surface area (Å²) in [4.78, 5) is 4.38. The van der Waals surface area contributed by atoms with Crippen molar-refractivity contribution in [1.82, 2.24) is 4.98 Å². The lowest BCUT2D eigenvalue weighted by Gasteiger charge is -2.10. The summed E-state index contributed by atoms with van der Waals surface area (Å²) in [5, 5.41) is 0. The standard InChI is InChI=1S/C15H15BrN2/c1-15(6-7-15)11-4-2-10(3-5-11)14-13(17)8-12(16)9-18-14/h2-5,8-9H,6-7,17H2,1H3. The van der Waals surface area contributed by atoms with E-state index in [0.717, 1.165) is 15.7 Å². The van der Waals surface area contributed by atoms with Crippen molar-refractivity contribution in [2.45, 2.75) is 25.2 Å². The molecule has 1 aromatic carbocycles. The van der Waals surface area contributed by atoms with Crippen molar-refractivity contribution in [3.8, 4) is 11.3 Å². The summed E-state index contributed by atoms with van der Waals surface area (Å²) in [6.45, 7) is 2.31. The van der Waals surface area contributed by atoms with Crippen molar-refractivity contribution in [2.75, 3.05) is 5.73 Å². The van der Waals surface area contributed by atoms with Crippen LogP contribution in [0.1, 0.15) is 25.3 Å². The third-order valence-corrected chi connectivity index (χ3v) is 4.17. The van der Waals surface area contributed by atoms with E-state index in [1.54, 1.807) is 6.20 Å². The van der Waals surface area contributed by atoms with Crippen molar-refractivity contribution < 1.29 is 0 Å². The molecule has 2 N–H and O–H groups in total. The van der Waals surface area contributed by atoms with Gasteiger partial charge in [-0.25, -0.2) is 0 Å². The highest BCUT2D eigenvalue weighted by atomic mass is 79.9. The Morgan fingerprint density at radius 2 is 1.89 bits per heavy atom. The van der Waals surface area contributed by atoms with Gasteiger partial charge in [0.2, 0.25) is 0 Å². The Bertz CT molecular complexity index is 586. The van der Waals surface area contributed by atoms with Gasteiger partial charge in [0.05, 0.1) is 11.4 Å². The molecule has 0 unspecified atom stereocenters. The summed E-state index contributed by atoms with van der Waals surface area (Å²) in [7, 11) is 0. The number of hydrogen-bond donors (Lipinski definition) is 1. The van der Waals surface area contributed by atoms with Gasteiger partial charge in [-0.3, -0.25) is 4.98 Å². The van der Waals surface area contributed by atoms with Crippen LogP contribution in [-0.2, 0) is 5.41 Å². The summed E-state index contributed by atoms with van der Waals surface area (Å²) in [6.07, 6.45) is 4.37. The van der Waals surface area contributed by atoms with Gasteiger partial charge in [0.25, 0.3) is 0 Å². The molecule has 1 saturated carbocycles. The molecule has 1 fully saturated rings. The number of halogens is 1. The highest BCUT2D eigenvalue weighted by molar-refractivity contribution is 9.10. The van der Waals surface area contributed by atoms with Gasteiger partial charge in [-0.15, -0.1) is 0 Å². The lowest BCUT2D eigenvalue weighted by atomic mass is 9.96. The van der Waals surface area contributed by atoms with Crippen LogP contribution in [0.3, 0.4) is 0 Å². The van der Waals surface area contributed by atoms with Crippen LogP contribution >= 0.6 is 15.9 Å². The van der Waals surface area contributed by atoms with Crippen LogP contribution in [-0.4, -0.2) is 4.98 Å². The van der Waals surface area contributed by atoms with Crippen molar-refractivity contribution in [1.29, 1.82) is 0 Å². The molecule has 3 heteroatoms. The van der Waals surface area contributed by atoms with E-state index >= 15 is 0 Å². The first-order valence-electron chi connectivity index (χ1n) is 6.10. The van der Waals surface area contributed by atoms with Crippen LogP contribution in [0.2, 0.25) is 0 Å². The summed E-state index contributed by atoms with van der Waals surface area (Å²) >= 11 is 3.37. The number of nitrogens with two attached hydrogens (primary N) is 1. The molecule has 1 aliphatic rings. The summed E-state index contributed by atoms with van der Waals surface area (Å²) in [5.74, 6) is 0. The molecule has 0 atom stereocenters. The molecule has 3 rings (SSSR count). The van der Waals surface area contributed by atoms with E-state index in [0.29, 0.717) is 11.1 Å². The molecular formula is C15H15BrN2. The second kappa shape index (κ2) is 4.09. The maximum absolute atomic E-state index is 6.00. The van der Waals surface area contributed by atoms with E-state index < -0.39 is 0 Å². The molecule has 0 radical (unpaired) electrons. The van der Waals surface area contributed by atoms with Crippen LogP contribution in [0, 0.1) is 0 Å². The first-order chi connectivity index (χ1) is 8.58. The van der Waals surface area contributed by atoms with Crippen LogP contribution < -0.4 is 5.73 Å². The highest BCUT2D eigenvalue weighted by Crippen LogP contribution is 2.47. The van der Waals surface area contributed by atoms with Crippen molar-refractivity contribution >= 4 is 21.6 Å². The van der Waals surface area contributed by atoms with Gasteiger partial charge in [0.15, 0.2) is 0 Å². The quantitative estimate of drug-likeness (QED) is 0.905. The van der Waals surface area contributed by atoms with Gasteiger partial charge in [-0.1, -0.05) is 31.2 Å². The summed E-state index contributed by atoms with van der Waals surface area (Å²) < 4.78 is 0.908. The predicted molar refractivity (Wildman–Crippen MR) is 78.4 cm³/mol. The van der Waals surface area contributed by atoms with Gasteiger partial charge in [-0.05, 0) is 45.8 Å². The third kappa shape index (κ3) is 2.03. The molecule has 1 heterocycles. The fourth-order valence-corrected chi connectivity index (χ4v) is 2.55. The molecule has 0 saturated heterocycles. The Hall–Kier alpha value is -1.35. The van der Waals surface area contributed by atoms with E-state index in [-0.39, 0.29) is 0 Å². The topological polar surface area (TPSA) is 38.9 Å². The molecular weight excluding hydrogens is 288 g/mol. The minimum Gasteiger partial charge on any atom is -0.397 e. The maximum Gasteiger partial charge on any atom is 0.0931 e. The van der Waals surface area contributed by atoms with Crippen molar-refractivity contribution in [3.05, 3.63) is 46.6 Å². The van der Waals surface area contributed by atoms with Gasteiger partial charge < -0.3 is 5.73 Å². The fraction of sp³-hybridized carbons (Fsp3) is 0.267. The normalized spacial score (nSPS) is 16.6. The number of hydrogen-bond acceptors (Lipinski definition) is 2. The molecule has 1 aliphatic carbocycles. The van der Waals surface area contributed by atoms with Crippen LogP contribution in [0.4, 0.5) is 5.69 Å². The number of aromatic nitrogens is 1. The first-order valence-corrected chi connectivity index (χ1v) is 6.90. The van der Waals surface area contributed by atoms with Gasteiger partial charge in [0, 0.05) is 16.2 Å². The minimum atomic E-state index is 0.414. The molecule has 0 aliphatic heterocycles. The monoisotopic (exact) mass is 302 g/mol. The van der Waals surface area contributed by atoms with Crippen molar-refractivity contribution in [3.63, 3.8) is 0 Å². The van der Waals surface area contributed by atoms with Gasteiger partial charge in [0.1, 0.15) is 0 Å². The number of nitrogen functional groups attached to an aromatic ring is 1. The number of benzene rings is 1. The Kier molecular flexibility index (Phi) is 2.67. The zero-order valence-corrected chi connectivity index (χ0v) is 11.9. The molecule has 0 bridgehead atoms. The molecule has 0 spiro atoms. The average molecular weight is 303 g/mol. The second-order valence-electron chi connectivity index (χ2n) is 5.23. The molecule has 92 valence electrons. The smallest absolute Gasteiger partial charge is 0.0931 e. The van der Waals surface area contributed by atoms with E-state index in [1.165, 1.54) is 18.4 Å². The lowest BCUT2D eigenvalue weighted by Crippen LogP contribution is -1.99. The Morgan fingerprint density at radius 1 is 1.22 bits per heavy atom. The number of anilines is 1. The Balaban J connectivity index is 1.97. The van der Waals surface area contributed by atoms with E-state index in [1.807, 2.05) is 6.07 Å². The molecule has 0 amide bonds. The molecule has 2 aromatic rings. The zero-order valence-electron chi connectivity index (χ0n) is 10.3. The number of pyridine rings is 1. The van der Waals surface area contributed by atoms with Crippen LogP contribution in [0.5, 0.6) is 0 Å². The van der Waals surface area contributed by atoms with E-state index in [2.05, 4.69) is 52.1 Å². The van der Waals surface area contributed by atoms with Crippen LogP contribution in [0.25, 0.3) is 11.3 Å². The van der Waals surface area contributed by atoms with Crippen LogP contribution in [0.15, 0.2) is 41.0 Å². The lowest BCUT2D eigenvalue weighted by molar-refractivity contribution is 0.788.